The van der Waals surface area contributed by atoms with Crippen molar-refractivity contribution in [1.29, 1.82) is 0 Å². The van der Waals surface area contributed by atoms with Gasteiger partial charge < -0.3 is 9.47 Å². The summed E-state index contributed by atoms with van der Waals surface area (Å²) in [4.78, 5) is 35.8. The quantitative estimate of drug-likeness (QED) is 0.266. The molecule has 1 unspecified atom stereocenters. The van der Waals surface area contributed by atoms with Crippen LogP contribution >= 0.6 is 11.6 Å². The predicted molar refractivity (Wildman–Crippen MR) is 129 cm³/mol. The minimum atomic E-state index is -0.870. The van der Waals surface area contributed by atoms with Gasteiger partial charge in [0.05, 0.1) is 34.4 Å². The first-order chi connectivity index (χ1) is 16.9. The number of carbonyl (C=O) groups is 2. The highest BCUT2D eigenvalue weighted by molar-refractivity contribution is 6.33. The lowest BCUT2D eigenvalue weighted by atomic mass is 9.98. The van der Waals surface area contributed by atoms with E-state index < -0.39 is 29.4 Å². The molecule has 0 N–H and O–H groups in total. The lowest BCUT2D eigenvalue weighted by molar-refractivity contribution is -0.384. The molecule has 0 aromatic heterocycles. The number of non-ortho nitro benzene ring substituents is 1. The molecule has 10 heteroatoms. The summed E-state index contributed by atoms with van der Waals surface area (Å²) in [6.07, 6.45) is 0.476. The van der Waals surface area contributed by atoms with Gasteiger partial charge in [-0.3, -0.25) is 14.9 Å². The number of nitro benzene ring substituents is 1. The minimum Gasteiger partial charge on any atom is -0.497 e. The van der Waals surface area contributed by atoms with Crippen LogP contribution in [0, 0.1) is 10.1 Å². The van der Waals surface area contributed by atoms with E-state index in [9.17, 15) is 19.7 Å². The summed E-state index contributed by atoms with van der Waals surface area (Å²) in [5, 5.41) is 16.6. The number of methoxy groups -OCH3 is 1. The van der Waals surface area contributed by atoms with Gasteiger partial charge in [-0.05, 0) is 29.3 Å². The first-order valence-electron chi connectivity index (χ1n) is 10.6. The van der Waals surface area contributed by atoms with Crippen molar-refractivity contribution in [3.63, 3.8) is 0 Å². The van der Waals surface area contributed by atoms with Crippen LogP contribution in [-0.2, 0) is 9.53 Å². The number of halogens is 1. The second-order valence-electron chi connectivity index (χ2n) is 7.64. The molecule has 1 amide bonds. The van der Waals surface area contributed by atoms with Crippen molar-refractivity contribution in [2.45, 2.75) is 12.5 Å². The summed E-state index contributed by atoms with van der Waals surface area (Å²) in [6.45, 7) is -0.579. The van der Waals surface area contributed by atoms with Gasteiger partial charge in [-0.15, -0.1) is 0 Å². The maximum atomic E-state index is 13.1. The smallest absolute Gasteiger partial charge is 0.340 e. The lowest BCUT2D eigenvalue weighted by Gasteiger charge is -2.22. The van der Waals surface area contributed by atoms with Crippen LogP contribution in [0.2, 0.25) is 5.02 Å². The van der Waals surface area contributed by atoms with E-state index >= 15 is 0 Å². The van der Waals surface area contributed by atoms with Crippen LogP contribution in [0.25, 0.3) is 0 Å². The maximum Gasteiger partial charge on any atom is 0.340 e. The van der Waals surface area contributed by atoms with E-state index in [0.29, 0.717) is 12.2 Å². The molecule has 0 bridgehead atoms. The Hall–Kier alpha value is -4.24. The molecule has 0 radical (unpaired) electrons. The Morgan fingerprint density at radius 3 is 2.46 bits per heavy atom. The Bertz CT molecular complexity index is 1290. The fraction of sp³-hybridized carbons (Fsp3) is 0.160. The molecule has 0 saturated heterocycles. The second-order valence-corrected chi connectivity index (χ2v) is 8.05. The first kappa shape index (κ1) is 23.9. The number of carbonyl (C=O) groups excluding carboxylic acids is 2. The van der Waals surface area contributed by atoms with Crippen molar-refractivity contribution in [3.05, 3.63) is 105 Å². The fourth-order valence-electron chi connectivity index (χ4n) is 3.69. The molecule has 9 nitrogen and oxygen atoms in total. The topological polar surface area (TPSA) is 111 Å². The molecule has 3 aromatic rings. The third kappa shape index (κ3) is 5.30. The largest absolute Gasteiger partial charge is 0.497 e. The SMILES string of the molecule is COc1ccc(C2CC(c3ccccc3)=NN2C(=O)COC(=O)c2ccc([N+](=O)[O-])cc2Cl)cc1. The number of amides is 1. The van der Waals surface area contributed by atoms with Gasteiger partial charge in [-0.2, -0.15) is 5.10 Å². The Labute approximate surface area is 205 Å². The van der Waals surface area contributed by atoms with Gasteiger partial charge in [-0.25, -0.2) is 9.80 Å². The molecule has 0 saturated carbocycles. The average molecular weight is 494 g/mol. The molecule has 35 heavy (non-hydrogen) atoms. The van der Waals surface area contributed by atoms with Crippen LogP contribution in [0.1, 0.15) is 33.9 Å². The normalized spacial score (nSPS) is 14.9. The summed E-state index contributed by atoms with van der Waals surface area (Å²) in [5.41, 5.74) is 2.12. The number of esters is 1. The molecule has 1 aliphatic rings. The molecule has 0 spiro atoms. The monoisotopic (exact) mass is 493 g/mol. The van der Waals surface area contributed by atoms with E-state index in [1.807, 2.05) is 42.5 Å². The van der Waals surface area contributed by atoms with Gasteiger partial charge in [0.2, 0.25) is 0 Å². The van der Waals surface area contributed by atoms with Gasteiger partial charge in [0.1, 0.15) is 5.75 Å². The van der Waals surface area contributed by atoms with Crippen LogP contribution < -0.4 is 4.74 Å². The van der Waals surface area contributed by atoms with Crippen molar-refractivity contribution >= 4 is 34.9 Å². The summed E-state index contributed by atoms with van der Waals surface area (Å²) < 4.78 is 10.4. The average Bonchev–Trinajstić information content (AvgIpc) is 3.33. The summed E-state index contributed by atoms with van der Waals surface area (Å²) >= 11 is 5.99. The standard InChI is InChI=1S/C25H20ClN3O6/c1-34-19-10-7-17(8-11-19)23-14-22(16-5-3-2-4-6-16)27-28(23)24(30)15-35-25(31)20-12-9-18(29(32)33)13-21(20)26/h2-13,23H,14-15H2,1H3. The molecule has 1 heterocycles. The molecule has 3 aromatic carbocycles. The van der Waals surface area contributed by atoms with Crippen LogP contribution in [0.4, 0.5) is 5.69 Å². The highest BCUT2D eigenvalue weighted by Crippen LogP contribution is 2.33. The molecule has 0 fully saturated rings. The number of ether oxygens (including phenoxy) is 2. The Kier molecular flexibility index (Phi) is 7.07. The molecule has 1 atom stereocenters. The zero-order valence-electron chi connectivity index (χ0n) is 18.6. The number of nitro groups is 1. The molecule has 4 rings (SSSR count). The molecular formula is C25H20ClN3O6. The van der Waals surface area contributed by atoms with Crippen molar-refractivity contribution in [2.75, 3.05) is 13.7 Å². The lowest BCUT2D eigenvalue weighted by Crippen LogP contribution is -2.31. The summed E-state index contributed by atoms with van der Waals surface area (Å²) in [7, 11) is 1.57. The van der Waals surface area contributed by atoms with Gasteiger partial charge >= 0.3 is 5.97 Å². The number of hydrazone groups is 1. The number of benzene rings is 3. The Balaban J connectivity index is 1.53. The predicted octanol–water partition coefficient (Wildman–Crippen LogP) is 4.79. The van der Waals surface area contributed by atoms with Gasteiger partial charge in [0, 0.05) is 18.6 Å². The van der Waals surface area contributed by atoms with E-state index in [2.05, 4.69) is 5.10 Å². The zero-order valence-corrected chi connectivity index (χ0v) is 19.3. The second kappa shape index (κ2) is 10.4. The third-order valence-electron chi connectivity index (χ3n) is 5.48. The Morgan fingerprint density at radius 1 is 1.11 bits per heavy atom. The van der Waals surface area contributed by atoms with Crippen LogP contribution in [0.3, 0.4) is 0 Å². The van der Waals surface area contributed by atoms with Crippen molar-refractivity contribution < 1.29 is 24.0 Å². The van der Waals surface area contributed by atoms with Crippen LogP contribution in [0.5, 0.6) is 5.75 Å². The van der Waals surface area contributed by atoms with Crippen LogP contribution in [-0.4, -0.2) is 41.2 Å². The van der Waals surface area contributed by atoms with E-state index in [1.165, 1.54) is 11.1 Å². The van der Waals surface area contributed by atoms with E-state index in [-0.39, 0.29) is 16.3 Å². The molecule has 1 aliphatic heterocycles. The maximum absolute atomic E-state index is 13.1. The van der Waals surface area contributed by atoms with Crippen molar-refractivity contribution in [2.24, 2.45) is 5.10 Å². The van der Waals surface area contributed by atoms with E-state index in [0.717, 1.165) is 29.0 Å². The Morgan fingerprint density at radius 2 is 1.83 bits per heavy atom. The van der Waals surface area contributed by atoms with E-state index in [1.54, 1.807) is 19.2 Å². The minimum absolute atomic E-state index is 0.0772. The van der Waals surface area contributed by atoms with Crippen molar-refractivity contribution in [3.8, 4) is 5.75 Å². The van der Waals surface area contributed by atoms with Gasteiger partial charge in [-0.1, -0.05) is 54.1 Å². The van der Waals surface area contributed by atoms with Gasteiger partial charge in [0.25, 0.3) is 11.6 Å². The van der Waals surface area contributed by atoms with E-state index in [4.69, 9.17) is 21.1 Å². The molecule has 0 aliphatic carbocycles. The van der Waals surface area contributed by atoms with Crippen molar-refractivity contribution in [1.82, 2.24) is 5.01 Å². The summed E-state index contributed by atoms with van der Waals surface area (Å²) in [6, 6.07) is 19.8. The first-order valence-corrected chi connectivity index (χ1v) is 10.9. The number of hydrogen-bond donors (Lipinski definition) is 0. The summed E-state index contributed by atoms with van der Waals surface area (Å²) in [5.74, 6) is -0.712. The fourth-order valence-corrected chi connectivity index (χ4v) is 3.94. The number of hydrogen-bond acceptors (Lipinski definition) is 7. The highest BCUT2D eigenvalue weighted by Gasteiger charge is 2.33. The zero-order chi connectivity index (χ0) is 24.9. The van der Waals surface area contributed by atoms with Gasteiger partial charge in [0.15, 0.2) is 6.61 Å². The third-order valence-corrected chi connectivity index (χ3v) is 5.80. The highest BCUT2D eigenvalue weighted by atomic mass is 35.5. The molecular weight excluding hydrogens is 474 g/mol. The van der Waals surface area contributed by atoms with Crippen LogP contribution in [0.15, 0.2) is 77.9 Å². The molecule has 178 valence electrons. The number of rotatable bonds is 7. The number of nitrogens with zero attached hydrogens (tertiary/aromatic N) is 3.